The second-order valence-corrected chi connectivity index (χ2v) is 3.80. The van der Waals surface area contributed by atoms with E-state index in [-0.39, 0.29) is 5.91 Å². The number of allylic oxidation sites excluding steroid dienone is 1. The van der Waals surface area contributed by atoms with Gasteiger partial charge in [0.05, 0.1) is 4.86 Å². The third kappa shape index (κ3) is 2.41. The molecule has 0 aromatic heterocycles. The summed E-state index contributed by atoms with van der Waals surface area (Å²) in [7, 11) is 0. The number of nitrogens with one attached hydrogen (secondary N) is 1. The zero-order valence-electron chi connectivity index (χ0n) is 8.51. The van der Waals surface area contributed by atoms with Crippen molar-refractivity contribution in [3.63, 3.8) is 0 Å². The molecule has 1 aliphatic heterocycles. The number of thiocarbonyl (C=S) groups is 1. The minimum absolute atomic E-state index is 0.249. The molecule has 1 amide bonds. The number of para-hydroxylation sites is 1. The molecule has 80 valence electrons. The smallest absolute Gasteiger partial charge is 0.275 e. The van der Waals surface area contributed by atoms with E-state index in [1.54, 1.807) is 6.20 Å². The largest absolute Gasteiger partial charge is 0.321 e. The number of rotatable bonds is 2. The number of hydrogen-bond donors (Lipinski definition) is 1. The van der Waals surface area contributed by atoms with E-state index < -0.39 is 0 Å². The Balaban J connectivity index is 2.12. The van der Waals surface area contributed by atoms with Gasteiger partial charge in [-0.15, -0.1) is 0 Å². The summed E-state index contributed by atoms with van der Waals surface area (Å²) in [5, 5.41) is 2.75. The first-order chi connectivity index (χ1) is 7.77. The van der Waals surface area contributed by atoms with Crippen molar-refractivity contribution in [1.29, 1.82) is 0 Å². The van der Waals surface area contributed by atoms with E-state index in [1.165, 1.54) is 0 Å². The van der Waals surface area contributed by atoms with E-state index in [2.05, 4.69) is 10.3 Å². The van der Waals surface area contributed by atoms with Gasteiger partial charge in [0.25, 0.3) is 5.91 Å². The van der Waals surface area contributed by atoms with E-state index in [0.29, 0.717) is 17.0 Å². The third-order valence-electron chi connectivity index (χ3n) is 2.12. The number of benzene rings is 1. The molecular formula is C12H10N2OS. The lowest BCUT2D eigenvalue weighted by atomic mass is 10.1. The van der Waals surface area contributed by atoms with Crippen LogP contribution in [0.15, 0.2) is 47.6 Å². The van der Waals surface area contributed by atoms with Crippen LogP contribution in [0.3, 0.4) is 0 Å². The molecule has 0 unspecified atom stereocenters. The highest BCUT2D eigenvalue weighted by molar-refractivity contribution is 7.82. The molecule has 0 saturated heterocycles. The summed E-state index contributed by atoms with van der Waals surface area (Å²) < 4.78 is 0. The molecule has 1 aromatic carbocycles. The van der Waals surface area contributed by atoms with Crippen molar-refractivity contribution >= 4 is 34.4 Å². The Morgan fingerprint density at radius 1 is 1.31 bits per heavy atom. The van der Waals surface area contributed by atoms with Crippen molar-refractivity contribution in [2.75, 3.05) is 5.32 Å². The maximum absolute atomic E-state index is 11.8. The molecular weight excluding hydrogens is 220 g/mol. The summed E-state index contributed by atoms with van der Waals surface area (Å²) in [6, 6.07) is 9.24. The predicted molar refractivity (Wildman–Crippen MR) is 68.9 cm³/mol. The maximum atomic E-state index is 11.8. The average Bonchev–Trinajstić information content (AvgIpc) is 2.31. The van der Waals surface area contributed by atoms with E-state index >= 15 is 0 Å². The van der Waals surface area contributed by atoms with Crippen LogP contribution in [0, 0.1) is 0 Å². The van der Waals surface area contributed by atoms with Crippen LogP contribution in [0.4, 0.5) is 5.69 Å². The summed E-state index contributed by atoms with van der Waals surface area (Å²) in [5.41, 5.74) is 1.08. The Kier molecular flexibility index (Phi) is 3.22. The fourth-order valence-corrected chi connectivity index (χ4v) is 1.59. The van der Waals surface area contributed by atoms with Gasteiger partial charge in [-0.25, -0.2) is 0 Å². The van der Waals surface area contributed by atoms with Crippen LogP contribution in [0.5, 0.6) is 0 Å². The highest BCUT2D eigenvalue weighted by Gasteiger charge is 2.17. The van der Waals surface area contributed by atoms with Crippen LogP contribution in [0.1, 0.15) is 6.42 Å². The Morgan fingerprint density at radius 3 is 2.75 bits per heavy atom. The Hall–Kier alpha value is -1.81. The topological polar surface area (TPSA) is 41.5 Å². The van der Waals surface area contributed by atoms with Crippen molar-refractivity contribution in [3.05, 3.63) is 42.6 Å². The molecule has 1 N–H and O–H groups in total. The third-order valence-corrected chi connectivity index (χ3v) is 2.48. The molecule has 3 nitrogen and oxygen atoms in total. The molecule has 4 heteroatoms. The van der Waals surface area contributed by atoms with Gasteiger partial charge in [0, 0.05) is 18.3 Å². The van der Waals surface area contributed by atoms with E-state index in [1.807, 2.05) is 36.4 Å². The lowest BCUT2D eigenvalue weighted by molar-refractivity contribution is -0.110. The molecule has 16 heavy (non-hydrogen) atoms. The van der Waals surface area contributed by atoms with Crippen molar-refractivity contribution < 1.29 is 4.79 Å². The van der Waals surface area contributed by atoms with Gasteiger partial charge in [-0.05, 0) is 12.1 Å². The van der Waals surface area contributed by atoms with Crippen LogP contribution < -0.4 is 5.32 Å². The van der Waals surface area contributed by atoms with Crippen LogP contribution in [-0.2, 0) is 4.79 Å². The number of aliphatic imine (C=N–C) groups is 1. The Morgan fingerprint density at radius 2 is 2.06 bits per heavy atom. The molecule has 2 rings (SSSR count). The van der Waals surface area contributed by atoms with Gasteiger partial charge < -0.3 is 5.32 Å². The first-order valence-corrected chi connectivity index (χ1v) is 5.30. The monoisotopic (exact) mass is 230 g/mol. The maximum Gasteiger partial charge on any atom is 0.275 e. The number of carbonyl (C=O) groups excluding carboxylic acids is 1. The molecule has 0 bridgehead atoms. The molecule has 0 fully saturated rings. The van der Waals surface area contributed by atoms with E-state index in [9.17, 15) is 4.79 Å². The lowest BCUT2D eigenvalue weighted by Crippen LogP contribution is -2.29. The normalized spacial score (nSPS) is 14.5. The van der Waals surface area contributed by atoms with E-state index in [0.717, 1.165) is 5.69 Å². The highest BCUT2D eigenvalue weighted by atomic mass is 32.1. The Bertz CT molecular complexity index is 477. The summed E-state index contributed by atoms with van der Waals surface area (Å²) in [4.78, 5) is 16.4. The van der Waals surface area contributed by atoms with Gasteiger partial charge in [0.1, 0.15) is 5.71 Å². The van der Waals surface area contributed by atoms with Gasteiger partial charge >= 0.3 is 0 Å². The van der Waals surface area contributed by atoms with Gasteiger partial charge in [0.15, 0.2) is 0 Å². The zero-order chi connectivity index (χ0) is 11.4. The fraction of sp³-hybridized carbons (Fsp3) is 0.0833. The van der Waals surface area contributed by atoms with Crippen molar-refractivity contribution in [3.8, 4) is 0 Å². The number of hydrogen-bond acceptors (Lipinski definition) is 3. The van der Waals surface area contributed by atoms with Crippen LogP contribution in [-0.4, -0.2) is 16.5 Å². The van der Waals surface area contributed by atoms with Crippen LogP contribution >= 0.6 is 12.2 Å². The molecule has 1 aromatic rings. The molecule has 1 heterocycles. The van der Waals surface area contributed by atoms with Crippen LogP contribution in [0.25, 0.3) is 0 Å². The fourth-order valence-electron chi connectivity index (χ4n) is 1.35. The lowest BCUT2D eigenvalue weighted by Gasteiger charge is -2.09. The van der Waals surface area contributed by atoms with Gasteiger partial charge in [0.2, 0.25) is 0 Å². The van der Waals surface area contributed by atoms with Crippen molar-refractivity contribution in [2.24, 2.45) is 4.99 Å². The molecule has 0 atom stereocenters. The van der Waals surface area contributed by atoms with Crippen molar-refractivity contribution in [2.45, 2.75) is 6.42 Å². The second kappa shape index (κ2) is 4.81. The minimum atomic E-state index is -0.249. The number of amides is 1. The van der Waals surface area contributed by atoms with Crippen molar-refractivity contribution in [1.82, 2.24) is 0 Å². The molecule has 1 aliphatic rings. The van der Waals surface area contributed by atoms with Gasteiger partial charge in [-0.3, -0.25) is 9.79 Å². The number of nitrogens with zero attached hydrogens (tertiary/aromatic N) is 1. The summed E-state index contributed by atoms with van der Waals surface area (Å²) in [5.74, 6) is -0.249. The first kappa shape index (κ1) is 10.7. The molecule has 0 radical (unpaired) electrons. The first-order valence-electron chi connectivity index (χ1n) is 4.90. The summed E-state index contributed by atoms with van der Waals surface area (Å²) in [6.07, 6.45) is 4.05. The van der Waals surface area contributed by atoms with E-state index in [4.69, 9.17) is 12.2 Å². The number of anilines is 1. The summed E-state index contributed by atoms with van der Waals surface area (Å²) >= 11 is 5.08. The Labute approximate surface area is 98.9 Å². The molecule has 0 spiro atoms. The van der Waals surface area contributed by atoms with Crippen LogP contribution in [0.2, 0.25) is 0 Å². The minimum Gasteiger partial charge on any atom is -0.321 e. The van der Waals surface area contributed by atoms with Gasteiger partial charge in [-0.1, -0.05) is 36.5 Å². The predicted octanol–water partition coefficient (Wildman–Crippen LogP) is 2.35. The average molecular weight is 230 g/mol. The molecule has 0 aliphatic carbocycles. The second-order valence-electron chi connectivity index (χ2n) is 3.31. The highest BCUT2D eigenvalue weighted by Crippen LogP contribution is 2.07. The number of carbonyl (C=O) groups is 1. The zero-order valence-corrected chi connectivity index (χ0v) is 9.33. The molecule has 0 saturated carbocycles. The SMILES string of the molecule is O=C(Nc1ccccc1)C1=NC=CCC1=S. The summed E-state index contributed by atoms with van der Waals surface area (Å²) in [6.45, 7) is 0. The standard InChI is InChI=1S/C12H10N2OS/c15-12(11-10(16)7-4-8-13-11)14-9-5-2-1-3-6-9/h1-6,8H,7H2,(H,14,15). The van der Waals surface area contributed by atoms with Gasteiger partial charge in [-0.2, -0.15) is 0 Å². The quantitative estimate of drug-likeness (QED) is 0.792.